The molecule has 1 aliphatic carbocycles. The third-order valence-corrected chi connectivity index (χ3v) is 3.03. The van der Waals surface area contributed by atoms with Crippen molar-refractivity contribution in [1.29, 1.82) is 0 Å². The van der Waals surface area contributed by atoms with Gasteiger partial charge in [-0.1, -0.05) is 6.07 Å². The highest BCUT2D eigenvalue weighted by Crippen LogP contribution is 2.30. The molecule has 0 unspecified atom stereocenters. The van der Waals surface area contributed by atoms with Crippen molar-refractivity contribution in [2.75, 3.05) is 11.9 Å². The second-order valence-electron chi connectivity index (χ2n) is 3.81. The molecule has 0 saturated heterocycles. The summed E-state index contributed by atoms with van der Waals surface area (Å²) in [6, 6.07) is 4.78. The maximum absolute atomic E-state index is 3.43. The topological polar surface area (TPSA) is 12.0 Å². The molecule has 1 heterocycles. The molecule has 0 radical (unpaired) electrons. The maximum Gasteiger partial charge on any atom is 0.0376 e. The van der Waals surface area contributed by atoms with Crippen LogP contribution in [0.3, 0.4) is 0 Å². The van der Waals surface area contributed by atoms with Gasteiger partial charge < -0.3 is 5.32 Å². The van der Waals surface area contributed by atoms with E-state index in [1.54, 1.807) is 11.1 Å². The Kier molecular flexibility index (Phi) is 1.23. The number of benzene rings is 1. The Morgan fingerprint density at radius 2 is 1.75 bits per heavy atom. The Morgan fingerprint density at radius 1 is 0.917 bits per heavy atom. The highest BCUT2D eigenvalue weighted by molar-refractivity contribution is 5.59. The van der Waals surface area contributed by atoms with Crippen molar-refractivity contribution in [2.24, 2.45) is 0 Å². The van der Waals surface area contributed by atoms with E-state index in [1.807, 2.05) is 0 Å². The SMILES string of the molecule is c1c2c(cc3c1CCN3)CCC2. The maximum atomic E-state index is 3.43. The molecule has 1 N–H and O–H groups in total. The average Bonchev–Trinajstić information content (AvgIpc) is 2.64. The van der Waals surface area contributed by atoms with Crippen molar-refractivity contribution in [1.82, 2.24) is 0 Å². The van der Waals surface area contributed by atoms with Gasteiger partial charge in [0.15, 0.2) is 0 Å². The Hall–Kier alpha value is -0.980. The third kappa shape index (κ3) is 0.795. The predicted molar refractivity (Wildman–Crippen MR) is 50.7 cm³/mol. The van der Waals surface area contributed by atoms with Gasteiger partial charge in [0.1, 0.15) is 0 Å². The minimum atomic E-state index is 1.14. The van der Waals surface area contributed by atoms with Crippen LogP contribution in [0.2, 0.25) is 0 Å². The summed E-state index contributed by atoms with van der Waals surface area (Å²) in [6.45, 7) is 1.14. The van der Waals surface area contributed by atoms with E-state index in [0.717, 1.165) is 6.54 Å². The van der Waals surface area contributed by atoms with E-state index < -0.39 is 0 Å². The number of nitrogens with one attached hydrogen (secondary N) is 1. The quantitative estimate of drug-likeness (QED) is 0.611. The Balaban J connectivity index is 2.18. The molecule has 0 spiro atoms. The van der Waals surface area contributed by atoms with Crippen LogP contribution < -0.4 is 5.32 Å². The Morgan fingerprint density at radius 3 is 2.67 bits per heavy atom. The smallest absolute Gasteiger partial charge is 0.0376 e. The van der Waals surface area contributed by atoms with Crippen LogP contribution in [0.25, 0.3) is 0 Å². The van der Waals surface area contributed by atoms with E-state index in [9.17, 15) is 0 Å². The van der Waals surface area contributed by atoms with Crippen LogP contribution >= 0.6 is 0 Å². The summed E-state index contributed by atoms with van der Waals surface area (Å²) in [4.78, 5) is 0. The number of fused-ring (bicyclic) bond motifs is 2. The van der Waals surface area contributed by atoms with Gasteiger partial charge in [0.2, 0.25) is 0 Å². The van der Waals surface area contributed by atoms with Gasteiger partial charge in [0, 0.05) is 12.2 Å². The molecule has 0 saturated carbocycles. The van der Waals surface area contributed by atoms with Crippen molar-refractivity contribution in [3.05, 3.63) is 28.8 Å². The number of rotatable bonds is 0. The van der Waals surface area contributed by atoms with Crippen LogP contribution in [0.15, 0.2) is 12.1 Å². The minimum Gasteiger partial charge on any atom is -0.384 e. The van der Waals surface area contributed by atoms with E-state index in [2.05, 4.69) is 17.4 Å². The van der Waals surface area contributed by atoms with Crippen LogP contribution in [0.5, 0.6) is 0 Å². The first-order chi connectivity index (χ1) is 5.93. The van der Waals surface area contributed by atoms with Crippen molar-refractivity contribution in [3.63, 3.8) is 0 Å². The van der Waals surface area contributed by atoms with Gasteiger partial charge >= 0.3 is 0 Å². The zero-order chi connectivity index (χ0) is 7.97. The fraction of sp³-hybridized carbons (Fsp3) is 0.455. The third-order valence-electron chi connectivity index (χ3n) is 3.03. The highest BCUT2D eigenvalue weighted by atomic mass is 14.9. The van der Waals surface area contributed by atoms with Crippen LogP contribution in [0, 0.1) is 0 Å². The fourth-order valence-electron chi connectivity index (χ4n) is 2.38. The number of hydrogen-bond acceptors (Lipinski definition) is 1. The van der Waals surface area contributed by atoms with Crippen LogP contribution in [0.4, 0.5) is 5.69 Å². The molecule has 0 amide bonds. The van der Waals surface area contributed by atoms with Crippen LogP contribution in [-0.4, -0.2) is 6.54 Å². The lowest BCUT2D eigenvalue weighted by Crippen LogP contribution is -1.91. The summed E-state index contributed by atoms with van der Waals surface area (Å²) < 4.78 is 0. The van der Waals surface area contributed by atoms with E-state index >= 15 is 0 Å². The lowest BCUT2D eigenvalue weighted by atomic mass is 10.0. The number of aryl methyl sites for hydroxylation is 2. The largest absolute Gasteiger partial charge is 0.384 e. The van der Waals surface area contributed by atoms with Gasteiger partial charge in [-0.3, -0.25) is 0 Å². The summed E-state index contributed by atoms with van der Waals surface area (Å²) in [5.74, 6) is 0. The lowest BCUT2D eigenvalue weighted by Gasteiger charge is -2.03. The molecule has 1 aliphatic heterocycles. The molecule has 1 nitrogen and oxygen atoms in total. The van der Waals surface area contributed by atoms with Gasteiger partial charge in [0.25, 0.3) is 0 Å². The number of anilines is 1. The summed E-state index contributed by atoms with van der Waals surface area (Å²) in [6.07, 6.45) is 5.19. The predicted octanol–water partition coefficient (Wildman–Crippen LogP) is 2.14. The van der Waals surface area contributed by atoms with E-state index in [-0.39, 0.29) is 0 Å². The zero-order valence-electron chi connectivity index (χ0n) is 7.19. The molecule has 1 heteroatoms. The average molecular weight is 159 g/mol. The molecule has 0 aromatic heterocycles. The fourth-order valence-corrected chi connectivity index (χ4v) is 2.38. The molecule has 1 aromatic rings. The molecule has 12 heavy (non-hydrogen) atoms. The Labute approximate surface area is 72.8 Å². The molecule has 62 valence electrons. The first kappa shape index (κ1) is 6.53. The first-order valence-electron chi connectivity index (χ1n) is 4.82. The van der Waals surface area contributed by atoms with Crippen molar-refractivity contribution in [2.45, 2.75) is 25.7 Å². The highest BCUT2D eigenvalue weighted by Gasteiger charge is 2.16. The molecular formula is C11H13N. The monoisotopic (exact) mass is 159 g/mol. The summed E-state index contributed by atoms with van der Waals surface area (Å²) in [7, 11) is 0. The molecule has 0 atom stereocenters. The molecule has 0 fully saturated rings. The van der Waals surface area contributed by atoms with Crippen LogP contribution in [-0.2, 0) is 19.3 Å². The molecule has 2 aliphatic rings. The van der Waals surface area contributed by atoms with Gasteiger partial charge in [-0.05, 0) is 48.4 Å². The first-order valence-corrected chi connectivity index (χ1v) is 4.82. The van der Waals surface area contributed by atoms with Crippen LogP contribution in [0.1, 0.15) is 23.1 Å². The Bertz CT molecular complexity index is 268. The summed E-state index contributed by atoms with van der Waals surface area (Å²) >= 11 is 0. The van der Waals surface area contributed by atoms with Gasteiger partial charge in [0.05, 0.1) is 0 Å². The van der Waals surface area contributed by atoms with Crippen molar-refractivity contribution in [3.8, 4) is 0 Å². The molecule has 1 aromatic carbocycles. The standard InChI is InChI=1S/C11H13N/c1-2-8-6-10-4-5-12-11(10)7-9(8)3-1/h6-7,12H,1-5H2. The molecule has 0 bridgehead atoms. The van der Waals surface area contributed by atoms with E-state index in [4.69, 9.17) is 0 Å². The van der Waals surface area contributed by atoms with Gasteiger partial charge in [-0.15, -0.1) is 0 Å². The minimum absolute atomic E-state index is 1.14. The second kappa shape index (κ2) is 2.25. The van der Waals surface area contributed by atoms with Gasteiger partial charge in [-0.25, -0.2) is 0 Å². The second-order valence-corrected chi connectivity index (χ2v) is 3.81. The zero-order valence-corrected chi connectivity index (χ0v) is 7.19. The van der Waals surface area contributed by atoms with Crippen molar-refractivity contribution < 1.29 is 0 Å². The van der Waals surface area contributed by atoms with E-state index in [0.29, 0.717) is 0 Å². The van der Waals surface area contributed by atoms with Gasteiger partial charge in [-0.2, -0.15) is 0 Å². The summed E-state index contributed by atoms with van der Waals surface area (Å²) in [5.41, 5.74) is 6.13. The summed E-state index contributed by atoms with van der Waals surface area (Å²) in [5, 5.41) is 3.43. The molecule has 3 rings (SSSR count). The normalized spacial score (nSPS) is 18.7. The van der Waals surface area contributed by atoms with E-state index in [1.165, 1.54) is 36.9 Å². The molecular weight excluding hydrogens is 146 g/mol. The number of hydrogen-bond donors (Lipinski definition) is 1. The lowest BCUT2D eigenvalue weighted by molar-refractivity contribution is 0.911. The van der Waals surface area contributed by atoms with Crippen molar-refractivity contribution >= 4 is 5.69 Å².